The van der Waals surface area contributed by atoms with E-state index in [0.29, 0.717) is 16.4 Å². The van der Waals surface area contributed by atoms with Gasteiger partial charge in [0.15, 0.2) is 9.84 Å². The quantitative estimate of drug-likeness (QED) is 0.706. The number of carbonyl (C=O) groups excluding carboxylic acids is 2. The molecule has 0 saturated heterocycles. The molecule has 2 aromatic rings. The lowest BCUT2D eigenvalue weighted by atomic mass is 10.2. The van der Waals surface area contributed by atoms with Gasteiger partial charge in [-0.1, -0.05) is 11.6 Å². The summed E-state index contributed by atoms with van der Waals surface area (Å²) in [7, 11) is -3.75. The first-order valence-corrected chi connectivity index (χ1v) is 11.8. The summed E-state index contributed by atoms with van der Waals surface area (Å²) >= 11 is 7.29. The van der Waals surface area contributed by atoms with Gasteiger partial charge in [-0.3, -0.25) is 9.59 Å². The average Bonchev–Trinajstić information content (AvgIpc) is 2.64. The van der Waals surface area contributed by atoms with Gasteiger partial charge in [0.1, 0.15) is 0 Å². The number of halogens is 1. The van der Waals surface area contributed by atoms with E-state index in [9.17, 15) is 18.0 Å². The van der Waals surface area contributed by atoms with Crippen molar-refractivity contribution in [3.8, 4) is 0 Å². The first kappa shape index (κ1) is 21.7. The molecule has 1 aliphatic rings. The maximum atomic E-state index is 12.9. The number of anilines is 2. The van der Waals surface area contributed by atoms with E-state index < -0.39 is 21.0 Å². The SMILES string of the molecule is Cc1cc(Cl)ccc1NC(=O)C[C@@H](C)S(=O)(=O)c1ccc2c(c1)NC(=O)[C@@H](C)S2. The molecular formula is C20H21ClN2O4S2. The highest BCUT2D eigenvalue weighted by Crippen LogP contribution is 2.37. The normalized spacial score (nSPS) is 17.2. The predicted molar refractivity (Wildman–Crippen MR) is 116 cm³/mol. The molecule has 9 heteroatoms. The van der Waals surface area contributed by atoms with Gasteiger partial charge in [-0.25, -0.2) is 8.42 Å². The van der Waals surface area contributed by atoms with Crippen molar-refractivity contribution in [1.29, 1.82) is 0 Å². The molecule has 0 bridgehead atoms. The molecule has 1 aliphatic heterocycles. The highest BCUT2D eigenvalue weighted by molar-refractivity contribution is 8.01. The van der Waals surface area contributed by atoms with Crippen molar-refractivity contribution >= 4 is 56.4 Å². The number of amides is 2. The van der Waals surface area contributed by atoms with Crippen molar-refractivity contribution in [3.63, 3.8) is 0 Å². The summed E-state index contributed by atoms with van der Waals surface area (Å²) in [6.07, 6.45) is -0.195. The maximum absolute atomic E-state index is 12.9. The van der Waals surface area contributed by atoms with Gasteiger partial charge in [-0.2, -0.15) is 0 Å². The Morgan fingerprint density at radius 3 is 2.69 bits per heavy atom. The second kappa shape index (κ2) is 8.38. The van der Waals surface area contributed by atoms with Crippen LogP contribution in [0.15, 0.2) is 46.2 Å². The molecule has 0 fully saturated rings. The van der Waals surface area contributed by atoms with E-state index in [2.05, 4.69) is 10.6 Å². The number of thioether (sulfide) groups is 1. The van der Waals surface area contributed by atoms with Crippen molar-refractivity contribution in [1.82, 2.24) is 0 Å². The Bertz CT molecular complexity index is 1090. The van der Waals surface area contributed by atoms with Gasteiger partial charge < -0.3 is 10.6 Å². The molecule has 0 spiro atoms. The van der Waals surface area contributed by atoms with Crippen LogP contribution in [0.2, 0.25) is 5.02 Å². The van der Waals surface area contributed by atoms with Crippen LogP contribution in [0.3, 0.4) is 0 Å². The van der Waals surface area contributed by atoms with Crippen LogP contribution in [0.5, 0.6) is 0 Å². The Morgan fingerprint density at radius 2 is 2.00 bits per heavy atom. The van der Waals surface area contributed by atoms with Crippen LogP contribution in [-0.4, -0.2) is 30.7 Å². The van der Waals surface area contributed by atoms with Crippen molar-refractivity contribution < 1.29 is 18.0 Å². The number of carbonyl (C=O) groups is 2. The van der Waals surface area contributed by atoms with Crippen molar-refractivity contribution in [2.24, 2.45) is 0 Å². The lowest BCUT2D eigenvalue weighted by Gasteiger charge is -2.22. The van der Waals surface area contributed by atoms with Gasteiger partial charge in [0.05, 0.1) is 21.1 Å². The second-order valence-electron chi connectivity index (χ2n) is 6.97. The molecule has 0 aromatic heterocycles. The number of fused-ring (bicyclic) bond motifs is 1. The zero-order valence-corrected chi connectivity index (χ0v) is 18.5. The van der Waals surface area contributed by atoms with Gasteiger partial charge >= 0.3 is 0 Å². The van der Waals surface area contributed by atoms with E-state index in [0.717, 1.165) is 10.5 Å². The summed E-state index contributed by atoms with van der Waals surface area (Å²) < 4.78 is 25.9. The molecular weight excluding hydrogens is 432 g/mol. The Morgan fingerprint density at radius 1 is 1.28 bits per heavy atom. The number of nitrogens with one attached hydrogen (secondary N) is 2. The van der Waals surface area contributed by atoms with Gasteiger partial charge in [-0.05, 0) is 62.7 Å². The van der Waals surface area contributed by atoms with Crippen molar-refractivity contribution in [2.75, 3.05) is 10.6 Å². The second-order valence-corrected chi connectivity index (χ2v) is 11.2. The van der Waals surface area contributed by atoms with Crippen LogP contribution in [-0.2, 0) is 19.4 Å². The number of hydrogen-bond donors (Lipinski definition) is 2. The third kappa shape index (κ3) is 4.76. The molecule has 0 aliphatic carbocycles. The molecule has 0 saturated carbocycles. The lowest BCUT2D eigenvalue weighted by molar-refractivity contribution is -0.116. The first-order chi connectivity index (χ1) is 13.6. The van der Waals surface area contributed by atoms with E-state index in [-0.39, 0.29) is 22.5 Å². The van der Waals surface area contributed by atoms with E-state index >= 15 is 0 Å². The summed E-state index contributed by atoms with van der Waals surface area (Å²) in [5, 5.41) is 4.86. The first-order valence-electron chi connectivity index (χ1n) is 8.99. The third-order valence-electron chi connectivity index (χ3n) is 4.68. The Kier molecular flexibility index (Phi) is 6.26. The highest BCUT2D eigenvalue weighted by atomic mass is 35.5. The molecule has 2 atom stereocenters. The van der Waals surface area contributed by atoms with Crippen LogP contribution in [0.4, 0.5) is 11.4 Å². The molecule has 6 nitrogen and oxygen atoms in total. The van der Waals surface area contributed by atoms with Crippen LogP contribution < -0.4 is 10.6 Å². The van der Waals surface area contributed by atoms with E-state index in [1.165, 1.54) is 30.8 Å². The standard InChI is InChI=1S/C20H21ClN2O4S2/c1-11-8-14(21)4-6-16(11)22-19(24)9-12(2)29(26,27)15-5-7-18-17(10-15)23-20(25)13(3)28-18/h4-8,10,12-13H,9H2,1-3H3,(H,22,24)(H,23,25)/t12-,13-/m1/s1. The third-order valence-corrected chi connectivity index (χ3v) is 8.23. The maximum Gasteiger partial charge on any atom is 0.237 e. The molecule has 2 amide bonds. The molecule has 1 heterocycles. The molecule has 154 valence electrons. The minimum Gasteiger partial charge on any atom is -0.326 e. The number of aryl methyl sites for hydroxylation is 1. The molecule has 0 unspecified atom stereocenters. The van der Waals surface area contributed by atoms with Gasteiger partial charge in [0, 0.05) is 22.0 Å². The molecule has 2 N–H and O–H groups in total. The number of rotatable bonds is 5. The zero-order valence-electron chi connectivity index (χ0n) is 16.2. The summed E-state index contributed by atoms with van der Waals surface area (Å²) in [6.45, 7) is 5.09. The summed E-state index contributed by atoms with van der Waals surface area (Å²) in [6, 6.07) is 9.72. The summed E-state index contributed by atoms with van der Waals surface area (Å²) in [5.41, 5.74) is 1.86. The van der Waals surface area contributed by atoms with E-state index in [1.807, 2.05) is 6.92 Å². The largest absolute Gasteiger partial charge is 0.326 e. The smallest absolute Gasteiger partial charge is 0.237 e. The predicted octanol–water partition coefficient (Wildman–Crippen LogP) is 4.27. The van der Waals surface area contributed by atoms with Crippen molar-refractivity contribution in [3.05, 3.63) is 47.0 Å². The monoisotopic (exact) mass is 452 g/mol. The minimum atomic E-state index is -3.75. The average molecular weight is 453 g/mol. The number of sulfone groups is 1. The fourth-order valence-electron chi connectivity index (χ4n) is 2.94. The van der Waals surface area contributed by atoms with Gasteiger partial charge in [0.25, 0.3) is 0 Å². The minimum absolute atomic E-state index is 0.0784. The Hall–Kier alpha value is -2.03. The Labute approximate surface area is 179 Å². The van der Waals surface area contributed by atoms with Crippen LogP contribution in [0, 0.1) is 6.92 Å². The van der Waals surface area contributed by atoms with Crippen LogP contribution >= 0.6 is 23.4 Å². The van der Waals surface area contributed by atoms with Gasteiger partial charge in [-0.15, -0.1) is 11.8 Å². The lowest BCUT2D eigenvalue weighted by Crippen LogP contribution is -2.27. The molecule has 2 aromatic carbocycles. The molecule has 0 radical (unpaired) electrons. The fourth-order valence-corrected chi connectivity index (χ4v) is 5.47. The zero-order chi connectivity index (χ0) is 21.3. The summed E-state index contributed by atoms with van der Waals surface area (Å²) in [5.74, 6) is -0.565. The van der Waals surface area contributed by atoms with Crippen LogP contribution in [0.25, 0.3) is 0 Å². The van der Waals surface area contributed by atoms with Crippen molar-refractivity contribution in [2.45, 2.75) is 47.5 Å². The highest BCUT2D eigenvalue weighted by Gasteiger charge is 2.29. The van der Waals surface area contributed by atoms with Crippen LogP contribution in [0.1, 0.15) is 25.8 Å². The number of benzene rings is 2. The topological polar surface area (TPSA) is 92.3 Å². The van der Waals surface area contributed by atoms with E-state index in [1.54, 1.807) is 31.2 Å². The number of hydrogen-bond acceptors (Lipinski definition) is 5. The Balaban J connectivity index is 1.74. The van der Waals surface area contributed by atoms with Gasteiger partial charge in [0.2, 0.25) is 11.8 Å². The fraction of sp³-hybridized carbons (Fsp3) is 0.300. The molecule has 29 heavy (non-hydrogen) atoms. The van der Waals surface area contributed by atoms with E-state index in [4.69, 9.17) is 11.6 Å². The molecule has 3 rings (SSSR count). The summed E-state index contributed by atoms with van der Waals surface area (Å²) in [4.78, 5) is 25.2.